The Morgan fingerprint density at radius 1 is 1.18 bits per heavy atom. The number of amides is 1. The summed E-state index contributed by atoms with van der Waals surface area (Å²) in [6.07, 6.45) is 5.35. The molecule has 6 nitrogen and oxygen atoms in total. The van der Waals surface area contributed by atoms with Crippen LogP contribution in [0.25, 0.3) is 6.08 Å². The predicted molar refractivity (Wildman–Crippen MR) is 107 cm³/mol. The van der Waals surface area contributed by atoms with E-state index in [1.165, 1.54) is 19.3 Å². The van der Waals surface area contributed by atoms with Gasteiger partial charge in [0.2, 0.25) is 0 Å². The number of carbonyl (C=O) groups excluding carboxylic acids is 1. The van der Waals surface area contributed by atoms with Gasteiger partial charge in [-0.25, -0.2) is 0 Å². The van der Waals surface area contributed by atoms with Crippen molar-refractivity contribution in [2.24, 2.45) is 0 Å². The lowest BCUT2D eigenvalue weighted by Gasteiger charge is -2.08. The van der Waals surface area contributed by atoms with Gasteiger partial charge in [0.1, 0.15) is 17.4 Å². The standard InChI is InChI=1S/C22H22N2O4/c1-27-20-9-4-3-7-17(20)12-13-24-22(26)18(15-23)8-5-6-16-10-11-19(25)21(14-16)28-2/h3-11,14,25H,12-13H2,1-2H3,(H,24,26)/b6-5+,18-8+. The highest BCUT2D eigenvalue weighted by Crippen LogP contribution is 2.26. The molecule has 2 aromatic carbocycles. The Morgan fingerprint density at radius 3 is 2.64 bits per heavy atom. The Labute approximate surface area is 164 Å². The van der Waals surface area contributed by atoms with E-state index in [1.807, 2.05) is 30.3 Å². The minimum atomic E-state index is -0.440. The first kappa shape index (κ1) is 20.6. The van der Waals surface area contributed by atoms with Crippen LogP contribution in [-0.4, -0.2) is 31.8 Å². The van der Waals surface area contributed by atoms with Gasteiger partial charge in [-0.15, -0.1) is 0 Å². The average molecular weight is 378 g/mol. The molecule has 0 saturated heterocycles. The largest absolute Gasteiger partial charge is 0.504 e. The topological polar surface area (TPSA) is 91.6 Å². The average Bonchev–Trinajstić information content (AvgIpc) is 2.72. The van der Waals surface area contributed by atoms with E-state index in [9.17, 15) is 15.2 Å². The van der Waals surface area contributed by atoms with Crippen LogP contribution in [0.2, 0.25) is 0 Å². The molecule has 0 spiro atoms. The van der Waals surface area contributed by atoms with Crippen LogP contribution in [0.4, 0.5) is 0 Å². The van der Waals surface area contributed by atoms with Crippen molar-refractivity contribution in [1.29, 1.82) is 5.26 Å². The zero-order chi connectivity index (χ0) is 20.4. The molecule has 0 radical (unpaired) electrons. The number of nitrogens with zero attached hydrogens (tertiary/aromatic N) is 1. The molecule has 1 amide bonds. The third-order valence-corrected chi connectivity index (χ3v) is 3.99. The van der Waals surface area contributed by atoms with Crippen molar-refractivity contribution in [2.75, 3.05) is 20.8 Å². The van der Waals surface area contributed by atoms with E-state index in [0.29, 0.717) is 18.7 Å². The highest BCUT2D eigenvalue weighted by Gasteiger charge is 2.08. The molecule has 6 heteroatoms. The Hall–Kier alpha value is -3.72. The summed E-state index contributed by atoms with van der Waals surface area (Å²) in [4.78, 5) is 12.2. The second-order valence-corrected chi connectivity index (χ2v) is 5.80. The first-order valence-corrected chi connectivity index (χ1v) is 8.64. The van der Waals surface area contributed by atoms with Gasteiger partial charge in [-0.05, 0) is 41.8 Å². The van der Waals surface area contributed by atoms with Crippen molar-refractivity contribution in [2.45, 2.75) is 6.42 Å². The molecular weight excluding hydrogens is 356 g/mol. The molecule has 0 aromatic heterocycles. The zero-order valence-corrected chi connectivity index (χ0v) is 15.8. The smallest absolute Gasteiger partial charge is 0.261 e. The number of phenolic OH excluding ortho intramolecular Hbond substituents is 1. The lowest BCUT2D eigenvalue weighted by atomic mass is 10.1. The lowest BCUT2D eigenvalue weighted by molar-refractivity contribution is -0.117. The molecule has 0 aliphatic rings. The Kier molecular flexibility index (Phi) is 7.67. The number of phenols is 1. The van der Waals surface area contributed by atoms with Gasteiger partial charge < -0.3 is 19.9 Å². The number of benzene rings is 2. The van der Waals surface area contributed by atoms with Gasteiger partial charge in [-0.2, -0.15) is 5.26 Å². The van der Waals surface area contributed by atoms with Crippen LogP contribution in [0.5, 0.6) is 17.2 Å². The molecule has 0 unspecified atom stereocenters. The molecule has 2 aromatic rings. The quantitative estimate of drug-likeness (QED) is 0.418. The summed E-state index contributed by atoms with van der Waals surface area (Å²) in [5.41, 5.74) is 1.75. The fourth-order valence-electron chi connectivity index (χ4n) is 2.53. The number of hydrogen-bond acceptors (Lipinski definition) is 5. The molecule has 2 rings (SSSR count). The fraction of sp³-hybridized carbons (Fsp3) is 0.182. The van der Waals surface area contributed by atoms with Crippen molar-refractivity contribution in [1.82, 2.24) is 5.32 Å². The number of nitrogens with one attached hydrogen (secondary N) is 1. The third kappa shape index (κ3) is 5.64. The highest BCUT2D eigenvalue weighted by atomic mass is 16.5. The third-order valence-electron chi connectivity index (χ3n) is 3.99. The summed E-state index contributed by atoms with van der Waals surface area (Å²) in [6, 6.07) is 14.3. The molecule has 144 valence electrons. The summed E-state index contributed by atoms with van der Waals surface area (Å²) >= 11 is 0. The minimum absolute atomic E-state index is 0.00187. The predicted octanol–water partition coefficient (Wildman–Crippen LogP) is 3.23. The van der Waals surface area contributed by atoms with Crippen LogP contribution in [0.1, 0.15) is 11.1 Å². The maximum atomic E-state index is 12.2. The summed E-state index contributed by atoms with van der Waals surface area (Å²) in [7, 11) is 3.07. The van der Waals surface area contributed by atoms with Gasteiger partial charge in [0.25, 0.3) is 5.91 Å². The van der Waals surface area contributed by atoms with Crippen LogP contribution in [0.15, 0.2) is 60.2 Å². The molecule has 0 saturated carbocycles. The molecule has 0 atom stereocenters. The maximum Gasteiger partial charge on any atom is 0.261 e. The number of ether oxygens (including phenoxy) is 2. The van der Waals surface area contributed by atoms with Crippen LogP contribution < -0.4 is 14.8 Å². The van der Waals surface area contributed by atoms with E-state index in [1.54, 1.807) is 31.4 Å². The van der Waals surface area contributed by atoms with Gasteiger partial charge in [0, 0.05) is 6.54 Å². The number of methoxy groups -OCH3 is 2. The second-order valence-electron chi connectivity index (χ2n) is 5.80. The first-order valence-electron chi connectivity index (χ1n) is 8.64. The van der Waals surface area contributed by atoms with Gasteiger partial charge in [-0.1, -0.05) is 36.4 Å². The van der Waals surface area contributed by atoms with Crippen molar-refractivity contribution in [3.05, 3.63) is 71.3 Å². The Balaban J connectivity index is 1.96. The second kappa shape index (κ2) is 10.4. The van der Waals surface area contributed by atoms with Crippen molar-refractivity contribution in [3.63, 3.8) is 0 Å². The highest BCUT2D eigenvalue weighted by molar-refractivity contribution is 5.97. The van der Waals surface area contributed by atoms with Gasteiger partial charge in [0.15, 0.2) is 11.5 Å². The molecule has 0 aliphatic carbocycles. The van der Waals surface area contributed by atoms with Crippen molar-refractivity contribution >= 4 is 12.0 Å². The minimum Gasteiger partial charge on any atom is -0.504 e. The van der Waals surface area contributed by atoms with Gasteiger partial charge in [0.05, 0.1) is 14.2 Å². The summed E-state index contributed by atoms with van der Waals surface area (Å²) in [5.74, 6) is 0.716. The molecule has 0 aliphatic heterocycles. The van der Waals surface area contributed by atoms with E-state index >= 15 is 0 Å². The Bertz CT molecular complexity index is 926. The number of allylic oxidation sites excluding steroid dienone is 2. The molecule has 2 N–H and O–H groups in total. The van der Waals surface area contributed by atoms with Crippen LogP contribution >= 0.6 is 0 Å². The van der Waals surface area contributed by atoms with E-state index < -0.39 is 5.91 Å². The number of hydrogen-bond donors (Lipinski definition) is 2. The van der Waals surface area contributed by atoms with Crippen LogP contribution in [0, 0.1) is 11.3 Å². The molecule has 28 heavy (non-hydrogen) atoms. The molecule has 0 heterocycles. The van der Waals surface area contributed by atoms with Crippen LogP contribution in [-0.2, 0) is 11.2 Å². The van der Waals surface area contributed by atoms with Crippen molar-refractivity contribution < 1.29 is 19.4 Å². The number of aromatic hydroxyl groups is 1. The zero-order valence-electron chi connectivity index (χ0n) is 15.8. The summed E-state index contributed by atoms with van der Waals surface area (Å²) in [5, 5.41) is 21.6. The molecule has 0 fully saturated rings. The van der Waals surface area contributed by atoms with E-state index in [-0.39, 0.29) is 11.3 Å². The van der Waals surface area contributed by atoms with E-state index in [2.05, 4.69) is 5.32 Å². The van der Waals surface area contributed by atoms with E-state index in [0.717, 1.165) is 16.9 Å². The SMILES string of the molecule is COc1cc(/C=C/C=C(\C#N)C(=O)NCCc2ccccc2OC)ccc1O. The van der Waals surface area contributed by atoms with Crippen molar-refractivity contribution in [3.8, 4) is 23.3 Å². The molecule has 0 bridgehead atoms. The lowest BCUT2D eigenvalue weighted by Crippen LogP contribution is -2.26. The summed E-state index contributed by atoms with van der Waals surface area (Å²) in [6.45, 7) is 0.386. The number of para-hydroxylation sites is 1. The summed E-state index contributed by atoms with van der Waals surface area (Å²) < 4.78 is 10.3. The first-order chi connectivity index (χ1) is 13.6. The number of nitriles is 1. The van der Waals surface area contributed by atoms with E-state index in [4.69, 9.17) is 9.47 Å². The van der Waals surface area contributed by atoms with Gasteiger partial charge in [-0.3, -0.25) is 4.79 Å². The molecular formula is C22H22N2O4. The van der Waals surface area contributed by atoms with Crippen LogP contribution in [0.3, 0.4) is 0 Å². The number of rotatable bonds is 8. The maximum absolute atomic E-state index is 12.2. The normalized spacial score (nSPS) is 11.1. The Morgan fingerprint density at radius 2 is 1.93 bits per heavy atom. The monoisotopic (exact) mass is 378 g/mol. The number of carbonyl (C=O) groups is 1. The fourth-order valence-corrected chi connectivity index (χ4v) is 2.53. The van der Waals surface area contributed by atoms with Gasteiger partial charge >= 0.3 is 0 Å².